The Morgan fingerprint density at radius 3 is 2.83 bits per heavy atom. The number of likely N-dealkylation sites (tertiary alicyclic amines) is 1. The fraction of sp³-hybridized carbons (Fsp3) is 0.533. The Labute approximate surface area is 109 Å². The first-order valence-corrected chi connectivity index (χ1v) is 6.89. The highest BCUT2D eigenvalue weighted by Crippen LogP contribution is 2.32. The normalized spacial score (nSPS) is 27.6. The number of benzene rings is 1. The number of hydrogen-bond donors (Lipinski definition) is 1. The largest absolute Gasteiger partial charge is 0.302 e. The summed E-state index contributed by atoms with van der Waals surface area (Å²) in [6.07, 6.45) is 1.12. The van der Waals surface area contributed by atoms with Gasteiger partial charge in [-0.1, -0.05) is 36.8 Å². The highest BCUT2D eigenvalue weighted by atomic mass is 15.4. The van der Waals surface area contributed by atoms with Crippen LogP contribution in [0.2, 0.25) is 0 Å². The molecule has 3 rings (SSSR count). The molecule has 18 heavy (non-hydrogen) atoms. The molecule has 0 spiro atoms. The zero-order chi connectivity index (χ0) is 12.5. The van der Waals surface area contributed by atoms with Crippen molar-refractivity contribution >= 4 is 5.71 Å². The maximum atomic E-state index is 4.55. The first-order valence-electron chi connectivity index (χ1n) is 6.89. The van der Waals surface area contributed by atoms with Crippen molar-refractivity contribution in [3.8, 4) is 0 Å². The molecule has 3 nitrogen and oxygen atoms in total. The predicted molar refractivity (Wildman–Crippen MR) is 74.7 cm³/mol. The molecular weight excluding hydrogens is 222 g/mol. The van der Waals surface area contributed by atoms with Gasteiger partial charge in [-0.15, -0.1) is 0 Å². The second-order valence-electron chi connectivity index (χ2n) is 5.37. The molecule has 2 atom stereocenters. The second-order valence-corrected chi connectivity index (χ2v) is 5.37. The van der Waals surface area contributed by atoms with E-state index in [0.29, 0.717) is 12.0 Å². The van der Waals surface area contributed by atoms with Crippen LogP contribution in [0.1, 0.15) is 30.5 Å². The van der Waals surface area contributed by atoms with Gasteiger partial charge in [-0.2, -0.15) is 5.10 Å². The van der Waals surface area contributed by atoms with Gasteiger partial charge < -0.3 is 10.3 Å². The SMILES string of the molecule is CCN1CCC2=NNC(c3ccc(C)cc3)C2C1. The van der Waals surface area contributed by atoms with Crippen LogP contribution in [0.25, 0.3) is 0 Å². The quantitative estimate of drug-likeness (QED) is 0.863. The van der Waals surface area contributed by atoms with Crippen LogP contribution >= 0.6 is 0 Å². The minimum Gasteiger partial charge on any atom is -0.302 e. The van der Waals surface area contributed by atoms with Crippen molar-refractivity contribution in [1.29, 1.82) is 0 Å². The van der Waals surface area contributed by atoms with Gasteiger partial charge >= 0.3 is 0 Å². The summed E-state index contributed by atoms with van der Waals surface area (Å²) in [5.41, 5.74) is 7.39. The van der Waals surface area contributed by atoms with Gasteiger partial charge in [-0.05, 0) is 19.0 Å². The van der Waals surface area contributed by atoms with E-state index in [2.05, 4.69) is 53.5 Å². The van der Waals surface area contributed by atoms with Gasteiger partial charge in [0.25, 0.3) is 0 Å². The topological polar surface area (TPSA) is 27.6 Å². The summed E-state index contributed by atoms with van der Waals surface area (Å²) < 4.78 is 0. The number of piperidine rings is 1. The number of fused-ring (bicyclic) bond motifs is 1. The number of hydrazone groups is 1. The van der Waals surface area contributed by atoms with Gasteiger partial charge in [-0.25, -0.2) is 0 Å². The van der Waals surface area contributed by atoms with E-state index >= 15 is 0 Å². The Bertz CT molecular complexity index is 449. The van der Waals surface area contributed by atoms with E-state index in [1.54, 1.807) is 0 Å². The molecule has 96 valence electrons. The van der Waals surface area contributed by atoms with E-state index in [1.807, 2.05) is 0 Å². The maximum Gasteiger partial charge on any atom is 0.0782 e. The van der Waals surface area contributed by atoms with Gasteiger partial charge in [0.2, 0.25) is 0 Å². The second kappa shape index (κ2) is 4.73. The molecule has 1 aromatic carbocycles. The van der Waals surface area contributed by atoms with Crippen LogP contribution in [0.3, 0.4) is 0 Å². The van der Waals surface area contributed by atoms with E-state index in [4.69, 9.17) is 0 Å². The van der Waals surface area contributed by atoms with E-state index < -0.39 is 0 Å². The summed E-state index contributed by atoms with van der Waals surface area (Å²) in [6, 6.07) is 9.22. The smallest absolute Gasteiger partial charge is 0.0782 e. The highest BCUT2D eigenvalue weighted by molar-refractivity contribution is 5.89. The van der Waals surface area contributed by atoms with E-state index in [9.17, 15) is 0 Å². The minimum absolute atomic E-state index is 0.370. The Balaban J connectivity index is 1.80. The molecule has 2 aliphatic rings. The summed E-state index contributed by atoms with van der Waals surface area (Å²) in [5, 5.41) is 4.55. The average Bonchev–Trinajstić information content (AvgIpc) is 2.82. The summed E-state index contributed by atoms with van der Waals surface area (Å²) >= 11 is 0. The zero-order valence-electron chi connectivity index (χ0n) is 11.2. The molecule has 2 unspecified atom stereocenters. The van der Waals surface area contributed by atoms with Crippen molar-refractivity contribution in [2.24, 2.45) is 11.0 Å². The number of hydrogen-bond acceptors (Lipinski definition) is 3. The van der Waals surface area contributed by atoms with Gasteiger partial charge in [0.05, 0.1) is 6.04 Å². The lowest BCUT2D eigenvalue weighted by molar-refractivity contribution is 0.238. The molecule has 0 aromatic heterocycles. The summed E-state index contributed by atoms with van der Waals surface area (Å²) in [5.74, 6) is 0.557. The van der Waals surface area contributed by atoms with Crippen LogP contribution in [-0.2, 0) is 0 Å². The van der Waals surface area contributed by atoms with Gasteiger partial charge in [0.15, 0.2) is 0 Å². The third kappa shape index (κ3) is 2.03. The van der Waals surface area contributed by atoms with Crippen molar-refractivity contribution < 1.29 is 0 Å². The van der Waals surface area contributed by atoms with Crippen LogP contribution in [0.4, 0.5) is 0 Å². The maximum absolute atomic E-state index is 4.55. The van der Waals surface area contributed by atoms with Crippen molar-refractivity contribution in [3.05, 3.63) is 35.4 Å². The predicted octanol–water partition coefficient (Wildman–Crippen LogP) is 2.34. The lowest BCUT2D eigenvalue weighted by atomic mass is 9.86. The third-order valence-corrected chi connectivity index (χ3v) is 4.20. The van der Waals surface area contributed by atoms with E-state index in [0.717, 1.165) is 26.1 Å². The molecule has 2 aliphatic heterocycles. The molecule has 0 aliphatic carbocycles. The molecular formula is C15H21N3. The zero-order valence-corrected chi connectivity index (χ0v) is 11.2. The molecule has 1 aromatic rings. The molecule has 1 fully saturated rings. The lowest BCUT2D eigenvalue weighted by Gasteiger charge is -2.32. The van der Waals surface area contributed by atoms with Gasteiger partial charge in [0, 0.05) is 31.1 Å². The molecule has 1 saturated heterocycles. The van der Waals surface area contributed by atoms with Crippen molar-refractivity contribution in [2.45, 2.75) is 26.3 Å². The number of rotatable bonds is 2. The van der Waals surface area contributed by atoms with Crippen molar-refractivity contribution in [3.63, 3.8) is 0 Å². The van der Waals surface area contributed by atoms with Crippen LogP contribution in [0.15, 0.2) is 29.4 Å². The summed E-state index contributed by atoms with van der Waals surface area (Å²) in [4.78, 5) is 2.53. The minimum atomic E-state index is 0.370. The standard InChI is InChI=1S/C15H21N3/c1-3-18-9-8-14-13(10-18)15(17-16-14)12-6-4-11(2)5-7-12/h4-7,13,15,17H,3,8-10H2,1-2H3. The molecule has 3 heteroatoms. The van der Waals surface area contributed by atoms with Crippen molar-refractivity contribution in [2.75, 3.05) is 19.6 Å². The number of nitrogens with zero attached hydrogens (tertiary/aromatic N) is 2. The Morgan fingerprint density at radius 1 is 1.33 bits per heavy atom. The lowest BCUT2D eigenvalue weighted by Crippen LogP contribution is -2.41. The molecule has 0 saturated carbocycles. The highest BCUT2D eigenvalue weighted by Gasteiger charge is 2.36. The van der Waals surface area contributed by atoms with Crippen molar-refractivity contribution in [1.82, 2.24) is 10.3 Å². The van der Waals surface area contributed by atoms with E-state index in [-0.39, 0.29) is 0 Å². The molecule has 0 radical (unpaired) electrons. The fourth-order valence-electron chi connectivity index (χ4n) is 2.98. The molecule has 0 bridgehead atoms. The Hall–Kier alpha value is -1.35. The van der Waals surface area contributed by atoms with Crippen LogP contribution < -0.4 is 5.43 Å². The van der Waals surface area contributed by atoms with E-state index in [1.165, 1.54) is 16.8 Å². The number of aryl methyl sites for hydroxylation is 1. The van der Waals surface area contributed by atoms with Crippen LogP contribution in [0, 0.1) is 12.8 Å². The fourth-order valence-corrected chi connectivity index (χ4v) is 2.98. The molecule has 1 N–H and O–H groups in total. The van der Waals surface area contributed by atoms with Crippen LogP contribution in [0.5, 0.6) is 0 Å². The Kier molecular flexibility index (Phi) is 3.08. The number of nitrogens with one attached hydrogen (secondary N) is 1. The molecule has 2 heterocycles. The van der Waals surface area contributed by atoms with Gasteiger partial charge in [0.1, 0.15) is 0 Å². The van der Waals surface area contributed by atoms with Gasteiger partial charge in [-0.3, -0.25) is 0 Å². The summed E-state index contributed by atoms with van der Waals surface area (Å²) in [7, 11) is 0. The average molecular weight is 243 g/mol. The first-order chi connectivity index (χ1) is 8.78. The van der Waals surface area contributed by atoms with Crippen LogP contribution in [-0.4, -0.2) is 30.2 Å². The third-order valence-electron chi connectivity index (χ3n) is 4.20. The Morgan fingerprint density at radius 2 is 2.11 bits per heavy atom. The molecule has 0 amide bonds. The monoisotopic (exact) mass is 243 g/mol. The first kappa shape index (κ1) is 11.7. The summed E-state index contributed by atoms with van der Waals surface area (Å²) in [6.45, 7) is 7.82.